The summed E-state index contributed by atoms with van der Waals surface area (Å²) < 4.78 is 17.5. The van der Waals surface area contributed by atoms with E-state index in [1.807, 2.05) is 116 Å². The van der Waals surface area contributed by atoms with E-state index >= 15 is 0 Å². The number of phenolic OH excluding ortho intramolecular Hbond substituents is 2. The van der Waals surface area contributed by atoms with Crippen LogP contribution in [-0.2, 0) is 13.2 Å². The summed E-state index contributed by atoms with van der Waals surface area (Å²) in [6, 6.07) is 65.4. The van der Waals surface area contributed by atoms with Crippen LogP contribution in [-0.4, -0.2) is 19.3 Å². The Kier molecular flexibility index (Phi) is 9.62. The van der Waals surface area contributed by atoms with Gasteiger partial charge in [0.1, 0.15) is 36.2 Å². The zero-order chi connectivity index (χ0) is 43.3. The normalized spacial score (nSPS) is 11.5. The molecule has 64 heavy (non-hydrogen) atoms. The van der Waals surface area contributed by atoms with Crippen LogP contribution >= 0.6 is 0 Å². The molecule has 310 valence electrons. The first-order valence-electron chi connectivity index (χ1n) is 21.6. The number of hydrogen-bond acceptors (Lipinski definition) is 4. The molecule has 9 aromatic carbocycles. The smallest absolute Gasteiger partial charge is 0.147 e. The number of aromatic hydroxyl groups is 2. The van der Waals surface area contributed by atoms with Crippen molar-refractivity contribution in [2.75, 3.05) is 0 Å². The van der Waals surface area contributed by atoms with Gasteiger partial charge in [0, 0.05) is 43.8 Å². The van der Waals surface area contributed by atoms with Crippen LogP contribution in [0.2, 0.25) is 0 Å². The average molecular weight is 833 g/mol. The summed E-state index contributed by atoms with van der Waals surface area (Å²) in [6.07, 6.45) is 0. The van der Waals surface area contributed by atoms with Crippen molar-refractivity contribution in [3.05, 3.63) is 216 Å². The van der Waals surface area contributed by atoms with Gasteiger partial charge in [0.05, 0.1) is 33.4 Å². The molecule has 11 rings (SSSR count). The lowest BCUT2D eigenvalue weighted by molar-refractivity contribution is 0.301. The van der Waals surface area contributed by atoms with Crippen LogP contribution < -0.4 is 9.47 Å². The van der Waals surface area contributed by atoms with Gasteiger partial charge in [0.25, 0.3) is 0 Å². The van der Waals surface area contributed by atoms with Gasteiger partial charge in [-0.25, -0.2) is 0 Å². The van der Waals surface area contributed by atoms with Gasteiger partial charge in [-0.2, -0.15) is 0 Å². The van der Waals surface area contributed by atoms with Gasteiger partial charge in [-0.15, -0.1) is 0 Å². The van der Waals surface area contributed by atoms with E-state index in [1.54, 1.807) is 0 Å². The molecule has 0 fully saturated rings. The van der Waals surface area contributed by atoms with Crippen molar-refractivity contribution in [1.82, 2.24) is 9.13 Å². The SMILES string of the molecule is Cc1cc(-c2ccccc2OCc2cccc(COc3ccccc3-c3c(C)ccc(-n4c5ccccc5c5ccccc54)c3O)c2)c(O)c(-n2c3ccccc3c3ccccc32)c1. The van der Waals surface area contributed by atoms with Crippen LogP contribution in [0.25, 0.3) is 77.2 Å². The van der Waals surface area contributed by atoms with Crippen LogP contribution in [0.4, 0.5) is 0 Å². The minimum Gasteiger partial charge on any atom is -0.505 e. The second-order valence-electron chi connectivity index (χ2n) is 16.4. The summed E-state index contributed by atoms with van der Waals surface area (Å²) in [7, 11) is 0. The van der Waals surface area contributed by atoms with Crippen LogP contribution in [0.5, 0.6) is 23.0 Å². The van der Waals surface area contributed by atoms with Gasteiger partial charge in [0.2, 0.25) is 0 Å². The standard InChI is InChI=1S/C58H44N2O4/c1-37-32-47(57(61)53(33-37)60-50-26-11-5-20-43(50)44-21-6-12-27-51(44)60)45-22-7-13-28-54(45)63-35-39-16-15-17-40(34-39)36-64-55-29-14-8-23-46(55)56-38(2)30-31-52(58(56)62)59-48-24-9-3-18-41(48)42-19-4-10-25-49(42)59/h3-34,61-62H,35-36H2,1-2H3. The van der Waals surface area contributed by atoms with Crippen molar-refractivity contribution in [3.8, 4) is 56.6 Å². The van der Waals surface area contributed by atoms with Crippen molar-refractivity contribution < 1.29 is 19.7 Å². The largest absolute Gasteiger partial charge is 0.505 e. The van der Waals surface area contributed by atoms with Crippen LogP contribution in [0.3, 0.4) is 0 Å². The Morgan fingerprint density at radius 1 is 0.391 bits per heavy atom. The molecule has 0 atom stereocenters. The molecule has 2 aromatic heterocycles. The van der Waals surface area contributed by atoms with E-state index in [0.717, 1.165) is 88.2 Å². The van der Waals surface area contributed by atoms with Gasteiger partial charge in [-0.1, -0.05) is 133 Å². The van der Waals surface area contributed by atoms with Gasteiger partial charge in [-0.3, -0.25) is 0 Å². The van der Waals surface area contributed by atoms with Crippen LogP contribution in [0, 0.1) is 13.8 Å². The van der Waals surface area contributed by atoms with E-state index < -0.39 is 0 Å². The van der Waals surface area contributed by atoms with E-state index in [1.165, 1.54) is 0 Å². The average Bonchev–Trinajstić information content (AvgIpc) is 3.84. The van der Waals surface area contributed by atoms with Gasteiger partial charge < -0.3 is 28.8 Å². The minimum absolute atomic E-state index is 0.189. The second kappa shape index (κ2) is 15.9. The number of fused-ring (bicyclic) bond motifs is 6. The molecule has 2 N–H and O–H groups in total. The highest BCUT2D eigenvalue weighted by Crippen LogP contribution is 2.45. The molecule has 0 unspecified atom stereocenters. The quantitative estimate of drug-likeness (QED) is 0.144. The fraction of sp³-hybridized carbons (Fsp3) is 0.0690. The molecule has 2 heterocycles. The number of para-hydroxylation sites is 6. The molecule has 0 aliphatic rings. The number of aromatic nitrogens is 2. The summed E-state index contributed by atoms with van der Waals surface area (Å²) in [4.78, 5) is 0. The number of aryl methyl sites for hydroxylation is 2. The fourth-order valence-corrected chi connectivity index (χ4v) is 9.45. The first-order chi connectivity index (χ1) is 31.4. The number of rotatable bonds is 10. The van der Waals surface area contributed by atoms with Gasteiger partial charge in [-0.05, 0) is 96.8 Å². The number of hydrogen-bond donors (Lipinski definition) is 2. The number of nitrogens with zero attached hydrogens (tertiary/aromatic N) is 2. The lowest BCUT2D eigenvalue weighted by Crippen LogP contribution is -2.02. The van der Waals surface area contributed by atoms with E-state index in [2.05, 4.69) is 101 Å². The summed E-state index contributed by atoms with van der Waals surface area (Å²) in [5, 5.41) is 28.8. The summed E-state index contributed by atoms with van der Waals surface area (Å²) in [5.41, 5.74) is 12.6. The maximum atomic E-state index is 12.2. The Hall–Kier alpha value is -8.22. The second-order valence-corrected chi connectivity index (χ2v) is 16.4. The molecule has 11 aromatic rings. The highest BCUT2D eigenvalue weighted by Gasteiger charge is 2.22. The first-order valence-corrected chi connectivity index (χ1v) is 21.6. The van der Waals surface area contributed by atoms with Crippen molar-refractivity contribution in [1.29, 1.82) is 0 Å². The molecule has 0 aliphatic carbocycles. The molecule has 0 aliphatic heterocycles. The van der Waals surface area contributed by atoms with Crippen molar-refractivity contribution in [3.63, 3.8) is 0 Å². The van der Waals surface area contributed by atoms with Crippen molar-refractivity contribution in [2.24, 2.45) is 0 Å². The first kappa shape index (κ1) is 38.7. The topological polar surface area (TPSA) is 68.8 Å². The molecule has 6 nitrogen and oxygen atoms in total. The Bertz CT molecular complexity index is 3470. The summed E-state index contributed by atoms with van der Waals surface area (Å²) >= 11 is 0. The molecule has 0 bridgehead atoms. The lowest BCUT2D eigenvalue weighted by atomic mass is 9.97. The maximum Gasteiger partial charge on any atom is 0.147 e. The molecule has 0 spiro atoms. The highest BCUT2D eigenvalue weighted by molar-refractivity contribution is 6.10. The van der Waals surface area contributed by atoms with E-state index in [-0.39, 0.29) is 11.5 Å². The van der Waals surface area contributed by atoms with Crippen molar-refractivity contribution >= 4 is 43.6 Å². The van der Waals surface area contributed by atoms with E-state index in [9.17, 15) is 10.2 Å². The number of benzene rings is 9. The third kappa shape index (κ3) is 6.59. The molecule has 0 saturated heterocycles. The molecule has 0 amide bonds. The molecular weight excluding hydrogens is 789 g/mol. The zero-order valence-corrected chi connectivity index (χ0v) is 35.5. The Morgan fingerprint density at radius 2 is 0.844 bits per heavy atom. The predicted molar refractivity (Wildman–Crippen MR) is 260 cm³/mol. The fourth-order valence-electron chi connectivity index (χ4n) is 9.45. The third-order valence-corrected chi connectivity index (χ3v) is 12.4. The zero-order valence-electron chi connectivity index (χ0n) is 35.5. The maximum absolute atomic E-state index is 12.2. The van der Waals surface area contributed by atoms with Crippen molar-refractivity contribution in [2.45, 2.75) is 27.1 Å². The molecule has 0 saturated carbocycles. The molecule has 6 heteroatoms. The van der Waals surface area contributed by atoms with Gasteiger partial charge in [0.15, 0.2) is 0 Å². The Balaban J connectivity index is 0.864. The van der Waals surface area contributed by atoms with E-state index in [4.69, 9.17) is 9.47 Å². The Morgan fingerprint density at radius 3 is 1.39 bits per heavy atom. The predicted octanol–water partition coefficient (Wildman–Crippen LogP) is 14.4. The van der Waals surface area contributed by atoms with Crippen LogP contribution in [0.1, 0.15) is 22.3 Å². The molecular formula is C58H44N2O4. The monoisotopic (exact) mass is 832 g/mol. The van der Waals surface area contributed by atoms with Crippen LogP contribution in [0.15, 0.2) is 194 Å². The lowest BCUT2D eigenvalue weighted by Gasteiger charge is -2.18. The van der Waals surface area contributed by atoms with Gasteiger partial charge >= 0.3 is 0 Å². The Labute approximate surface area is 371 Å². The summed E-state index contributed by atoms with van der Waals surface area (Å²) in [6.45, 7) is 4.71. The molecule has 0 radical (unpaired) electrons. The number of ether oxygens (including phenoxy) is 2. The highest BCUT2D eigenvalue weighted by atomic mass is 16.5. The number of phenols is 2. The minimum atomic E-state index is 0.189. The van der Waals surface area contributed by atoms with E-state index in [0.29, 0.717) is 36.0 Å². The third-order valence-electron chi connectivity index (χ3n) is 12.4. The summed E-state index contributed by atoms with van der Waals surface area (Å²) in [5.74, 6) is 1.73.